The van der Waals surface area contributed by atoms with E-state index in [-0.39, 0.29) is 43.3 Å². The van der Waals surface area contributed by atoms with Crippen molar-refractivity contribution in [2.75, 3.05) is 26.2 Å². The van der Waals surface area contributed by atoms with Crippen LogP contribution in [0, 0.1) is 6.92 Å². The second kappa shape index (κ2) is 13.4. The van der Waals surface area contributed by atoms with Crippen molar-refractivity contribution >= 4 is 40.7 Å². The first-order valence-corrected chi connectivity index (χ1v) is 13.9. The monoisotopic (exact) mass is 554 g/mol. The zero-order valence-corrected chi connectivity index (χ0v) is 22.8. The van der Waals surface area contributed by atoms with Crippen molar-refractivity contribution in [1.82, 2.24) is 20.5 Å². The van der Waals surface area contributed by atoms with E-state index in [1.807, 2.05) is 42.6 Å². The lowest BCUT2D eigenvalue weighted by Crippen LogP contribution is -2.47. The van der Waals surface area contributed by atoms with Gasteiger partial charge in [-0.1, -0.05) is 41.9 Å². The zero-order chi connectivity index (χ0) is 26.9. The van der Waals surface area contributed by atoms with Gasteiger partial charge in [-0.3, -0.25) is 14.4 Å². The standard InChI is InChI=1S/C28H31ClN4O4S/c1-19-31-23(18-38-19)15-27(35)33-12-6-5-11-30-28(36)24-14-21(29)9-10-25(24)37-17-22(32-26(34)16-33)13-20-7-3-2-4-8-20/h2-4,7-10,14,18,22H,5-6,11-13,15-17H2,1H3,(H,30,36)(H,32,34)/t22-/m0/s1. The Morgan fingerprint density at radius 2 is 2.00 bits per heavy atom. The molecule has 3 amide bonds. The highest BCUT2D eigenvalue weighted by Crippen LogP contribution is 2.23. The summed E-state index contributed by atoms with van der Waals surface area (Å²) in [4.78, 5) is 45.2. The molecule has 200 valence electrons. The Labute approximate surface area is 231 Å². The first-order chi connectivity index (χ1) is 18.4. The van der Waals surface area contributed by atoms with Gasteiger partial charge in [0.1, 0.15) is 12.4 Å². The molecule has 0 saturated carbocycles. The number of nitrogens with one attached hydrogen (secondary N) is 2. The molecule has 1 aliphatic heterocycles. The Bertz CT molecular complexity index is 1270. The van der Waals surface area contributed by atoms with Crippen LogP contribution in [0.5, 0.6) is 5.75 Å². The van der Waals surface area contributed by atoms with Crippen LogP contribution in [0.15, 0.2) is 53.9 Å². The number of hydrogen-bond acceptors (Lipinski definition) is 6. The molecule has 0 unspecified atom stereocenters. The van der Waals surface area contributed by atoms with Crippen LogP contribution in [0.1, 0.15) is 39.5 Å². The number of ether oxygens (including phenoxy) is 1. The van der Waals surface area contributed by atoms with Gasteiger partial charge in [0.25, 0.3) is 5.91 Å². The number of halogens is 1. The fourth-order valence-electron chi connectivity index (χ4n) is 4.27. The largest absolute Gasteiger partial charge is 0.491 e. The Morgan fingerprint density at radius 1 is 1.18 bits per heavy atom. The van der Waals surface area contributed by atoms with E-state index in [1.54, 1.807) is 23.1 Å². The van der Waals surface area contributed by atoms with Gasteiger partial charge in [0, 0.05) is 23.5 Å². The third-order valence-electron chi connectivity index (χ3n) is 6.14. The van der Waals surface area contributed by atoms with Gasteiger partial charge in [0.05, 0.1) is 35.3 Å². The predicted molar refractivity (Wildman–Crippen MR) is 148 cm³/mol. The van der Waals surface area contributed by atoms with Crippen molar-refractivity contribution in [2.45, 2.75) is 38.6 Å². The Kier molecular flexibility index (Phi) is 9.73. The Hall–Kier alpha value is -3.43. The fraction of sp³-hybridized carbons (Fsp3) is 0.357. The van der Waals surface area contributed by atoms with Crippen LogP contribution in [-0.4, -0.2) is 59.9 Å². The van der Waals surface area contributed by atoms with Gasteiger partial charge in [-0.25, -0.2) is 4.98 Å². The summed E-state index contributed by atoms with van der Waals surface area (Å²) < 4.78 is 6.06. The summed E-state index contributed by atoms with van der Waals surface area (Å²) in [6.07, 6.45) is 1.93. The maximum Gasteiger partial charge on any atom is 0.255 e. The van der Waals surface area contributed by atoms with Gasteiger partial charge in [-0.05, 0) is 49.9 Å². The average molecular weight is 555 g/mol. The van der Waals surface area contributed by atoms with Crippen molar-refractivity contribution in [2.24, 2.45) is 0 Å². The van der Waals surface area contributed by atoms with E-state index in [9.17, 15) is 14.4 Å². The SMILES string of the molecule is Cc1nc(CC(=O)N2CCCCNC(=O)c3cc(Cl)ccc3OC[C@H](Cc3ccccc3)NC(=O)C2)cs1. The van der Waals surface area contributed by atoms with Crippen LogP contribution in [0.4, 0.5) is 0 Å². The van der Waals surface area contributed by atoms with Crippen molar-refractivity contribution in [3.05, 3.63) is 80.8 Å². The highest BCUT2D eigenvalue weighted by Gasteiger charge is 2.22. The number of aryl methyl sites for hydroxylation is 1. The number of carbonyl (C=O) groups is 3. The number of aromatic nitrogens is 1. The first kappa shape index (κ1) is 27.6. The molecule has 38 heavy (non-hydrogen) atoms. The number of fused-ring (bicyclic) bond motifs is 1. The number of rotatable bonds is 4. The highest BCUT2D eigenvalue weighted by molar-refractivity contribution is 7.09. The first-order valence-electron chi connectivity index (χ1n) is 12.6. The van der Waals surface area contributed by atoms with E-state index in [1.165, 1.54) is 11.3 Å². The van der Waals surface area contributed by atoms with Gasteiger partial charge >= 0.3 is 0 Å². The van der Waals surface area contributed by atoms with Crippen molar-refractivity contribution in [3.8, 4) is 5.75 Å². The fourth-order valence-corrected chi connectivity index (χ4v) is 5.05. The normalized spacial score (nSPS) is 17.3. The summed E-state index contributed by atoms with van der Waals surface area (Å²) in [5.74, 6) is -0.313. The molecule has 3 aromatic rings. The van der Waals surface area contributed by atoms with Gasteiger partial charge in [0.15, 0.2) is 0 Å². The zero-order valence-electron chi connectivity index (χ0n) is 21.2. The molecule has 10 heteroatoms. The summed E-state index contributed by atoms with van der Waals surface area (Å²) in [6, 6.07) is 14.3. The molecular formula is C28H31ClN4O4S. The molecule has 8 nitrogen and oxygen atoms in total. The summed E-state index contributed by atoms with van der Waals surface area (Å²) >= 11 is 7.66. The quantitative estimate of drug-likeness (QED) is 0.511. The van der Waals surface area contributed by atoms with Gasteiger partial charge in [-0.15, -0.1) is 11.3 Å². The number of benzene rings is 2. The van der Waals surface area contributed by atoms with Gasteiger partial charge in [0.2, 0.25) is 11.8 Å². The number of thiazole rings is 1. The Balaban J connectivity index is 1.54. The third-order valence-corrected chi connectivity index (χ3v) is 7.20. The molecule has 0 radical (unpaired) electrons. The molecule has 2 aromatic carbocycles. The average Bonchev–Trinajstić information content (AvgIpc) is 3.30. The number of carbonyl (C=O) groups excluding carboxylic acids is 3. The van der Waals surface area contributed by atoms with Crippen molar-refractivity contribution < 1.29 is 19.1 Å². The van der Waals surface area contributed by atoms with E-state index < -0.39 is 0 Å². The van der Waals surface area contributed by atoms with E-state index in [4.69, 9.17) is 16.3 Å². The minimum absolute atomic E-state index is 0.0637. The number of amides is 3. The molecular weight excluding hydrogens is 524 g/mol. The number of hydrogen-bond donors (Lipinski definition) is 2. The summed E-state index contributed by atoms with van der Waals surface area (Å²) in [5, 5.41) is 9.14. The smallest absolute Gasteiger partial charge is 0.255 e. The lowest BCUT2D eigenvalue weighted by Gasteiger charge is -2.25. The van der Waals surface area contributed by atoms with Crippen LogP contribution >= 0.6 is 22.9 Å². The van der Waals surface area contributed by atoms with E-state index in [0.29, 0.717) is 54.4 Å². The van der Waals surface area contributed by atoms with Crippen molar-refractivity contribution in [3.63, 3.8) is 0 Å². The topological polar surface area (TPSA) is 101 Å². The predicted octanol–water partition coefficient (Wildman–Crippen LogP) is 3.81. The molecule has 0 fully saturated rings. The molecule has 1 atom stereocenters. The van der Waals surface area contributed by atoms with Crippen LogP contribution in [-0.2, 0) is 22.4 Å². The molecule has 0 bridgehead atoms. The second-order valence-electron chi connectivity index (χ2n) is 9.22. The molecule has 2 heterocycles. The maximum absolute atomic E-state index is 13.2. The number of nitrogens with zero attached hydrogens (tertiary/aromatic N) is 2. The molecule has 0 spiro atoms. The summed E-state index contributed by atoms with van der Waals surface area (Å²) in [6.45, 7) is 2.78. The molecule has 0 aliphatic carbocycles. The molecule has 2 N–H and O–H groups in total. The van der Waals surface area contributed by atoms with E-state index in [0.717, 1.165) is 10.6 Å². The van der Waals surface area contributed by atoms with E-state index >= 15 is 0 Å². The van der Waals surface area contributed by atoms with Gasteiger partial charge < -0.3 is 20.3 Å². The minimum Gasteiger partial charge on any atom is -0.491 e. The van der Waals surface area contributed by atoms with Gasteiger partial charge in [-0.2, -0.15) is 0 Å². The van der Waals surface area contributed by atoms with Crippen LogP contribution in [0.3, 0.4) is 0 Å². The molecule has 0 saturated heterocycles. The lowest BCUT2D eigenvalue weighted by molar-refractivity contribution is -0.136. The highest BCUT2D eigenvalue weighted by atomic mass is 35.5. The third kappa shape index (κ3) is 8.03. The maximum atomic E-state index is 13.2. The summed E-state index contributed by atoms with van der Waals surface area (Å²) in [7, 11) is 0. The van der Waals surface area contributed by atoms with E-state index in [2.05, 4.69) is 15.6 Å². The van der Waals surface area contributed by atoms with Crippen LogP contribution in [0.25, 0.3) is 0 Å². The molecule has 1 aliphatic rings. The van der Waals surface area contributed by atoms with Crippen LogP contribution in [0.2, 0.25) is 5.02 Å². The van der Waals surface area contributed by atoms with Crippen molar-refractivity contribution in [1.29, 1.82) is 0 Å². The molecule has 4 rings (SSSR count). The minimum atomic E-state index is -0.389. The molecule has 1 aromatic heterocycles. The second-order valence-corrected chi connectivity index (χ2v) is 10.7. The lowest BCUT2D eigenvalue weighted by atomic mass is 10.1. The summed E-state index contributed by atoms with van der Waals surface area (Å²) in [5.41, 5.74) is 2.07. The van der Waals surface area contributed by atoms with Crippen LogP contribution < -0.4 is 15.4 Å². The Morgan fingerprint density at radius 3 is 2.76 bits per heavy atom.